The molecule has 0 saturated heterocycles. The van der Waals surface area contributed by atoms with Crippen molar-refractivity contribution in [3.63, 3.8) is 0 Å². The van der Waals surface area contributed by atoms with Gasteiger partial charge in [0.2, 0.25) is 0 Å². The van der Waals surface area contributed by atoms with Gasteiger partial charge in [-0.3, -0.25) is 0 Å². The van der Waals surface area contributed by atoms with Gasteiger partial charge in [0.25, 0.3) is 0 Å². The van der Waals surface area contributed by atoms with Gasteiger partial charge in [-0.1, -0.05) is 26.0 Å². The summed E-state index contributed by atoms with van der Waals surface area (Å²) in [5, 5.41) is 14.9. The maximum absolute atomic E-state index is 11.6. The van der Waals surface area contributed by atoms with Crippen molar-refractivity contribution in [1.29, 1.82) is 0 Å². The van der Waals surface area contributed by atoms with Crippen LogP contribution in [0.3, 0.4) is 0 Å². The Morgan fingerprint density at radius 2 is 1.95 bits per heavy atom. The predicted molar refractivity (Wildman–Crippen MR) is 77.5 cm³/mol. The minimum Gasteiger partial charge on any atom is -0.506 e. The van der Waals surface area contributed by atoms with E-state index in [2.05, 4.69) is 29.4 Å². The molecule has 19 heavy (non-hydrogen) atoms. The SMILES string of the molecule is CCN(CC)CCCNC(=O)Nc1ccccc1O. The molecule has 0 heterocycles. The fourth-order valence-electron chi connectivity index (χ4n) is 1.79. The van der Waals surface area contributed by atoms with Crippen molar-refractivity contribution in [3.8, 4) is 5.75 Å². The molecule has 2 amide bonds. The number of benzene rings is 1. The number of phenolic OH excluding ortho intramolecular Hbond substituents is 1. The Hall–Kier alpha value is -1.75. The van der Waals surface area contributed by atoms with Crippen LogP contribution in [0.25, 0.3) is 0 Å². The summed E-state index contributed by atoms with van der Waals surface area (Å²) < 4.78 is 0. The standard InChI is InChI=1S/C14H23N3O2/c1-3-17(4-2)11-7-10-15-14(19)16-12-8-5-6-9-13(12)18/h5-6,8-9,18H,3-4,7,10-11H2,1-2H3,(H2,15,16,19). The Morgan fingerprint density at radius 3 is 2.58 bits per heavy atom. The normalized spacial score (nSPS) is 10.5. The summed E-state index contributed by atoms with van der Waals surface area (Å²) in [6, 6.07) is 6.37. The van der Waals surface area contributed by atoms with Gasteiger partial charge in [-0.25, -0.2) is 4.79 Å². The van der Waals surface area contributed by atoms with Gasteiger partial charge in [0, 0.05) is 6.54 Å². The van der Waals surface area contributed by atoms with Crippen LogP contribution in [-0.2, 0) is 0 Å². The first-order valence-corrected chi connectivity index (χ1v) is 6.72. The molecule has 0 spiro atoms. The molecule has 5 nitrogen and oxygen atoms in total. The predicted octanol–water partition coefficient (Wildman–Crippen LogP) is 2.25. The summed E-state index contributed by atoms with van der Waals surface area (Å²) in [6.07, 6.45) is 0.913. The minimum absolute atomic E-state index is 0.0702. The van der Waals surface area contributed by atoms with Gasteiger partial charge >= 0.3 is 6.03 Å². The van der Waals surface area contributed by atoms with E-state index in [9.17, 15) is 9.90 Å². The first kappa shape index (κ1) is 15.3. The summed E-state index contributed by atoms with van der Waals surface area (Å²) in [4.78, 5) is 13.9. The fourth-order valence-corrected chi connectivity index (χ4v) is 1.79. The Labute approximate surface area is 114 Å². The van der Waals surface area contributed by atoms with Crippen LogP contribution < -0.4 is 10.6 Å². The number of carbonyl (C=O) groups is 1. The second-order valence-corrected chi connectivity index (χ2v) is 4.28. The quantitative estimate of drug-likeness (QED) is 0.523. The van der Waals surface area contributed by atoms with Crippen molar-refractivity contribution >= 4 is 11.7 Å². The molecule has 0 atom stereocenters. The zero-order valence-electron chi connectivity index (χ0n) is 11.6. The number of para-hydroxylation sites is 2. The van der Waals surface area contributed by atoms with E-state index >= 15 is 0 Å². The Bertz CT molecular complexity index is 392. The highest BCUT2D eigenvalue weighted by molar-refractivity contribution is 5.90. The molecule has 0 unspecified atom stereocenters. The van der Waals surface area contributed by atoms with Crippen LogP contribution in [0.1, 0.15) is 20.3 Å². The van der Waals surface area contributed by atoms with E-state index in [1.54, 1.807) is 18.2 Å². The van der Waals surface area contributed by atoms with Crippen LogP contribution >= 0.6 is 0 Å². The van der Waals surface area contributed by atoms with Crippen molar-refractivity contribution in [1.82, 2.24) is 10.2 Å². The van der Waals surface area contributed by atoms with Crippen molar-refractivity contribution in [2.24, 2.45) is 0 Å². The lowest BCUT2D eigenvalue weighted by Gasteiger charge is -2.17. The van der Waals surface area contributed by atoms with Gasteiger partial charge in [-0.05, 0) is 38.2 Å². The number of urea groups is 1. The lowest BCUT2D eigenvalue weighted by molar-refractivity contribution is 0.250. The molecule has 5 heteroatoms. The van der Waals surface area contributed by atoms with Crippen molar-refractivity contribution < 1.29 is 9.90 Å². The lowest BCUT2D eigenvalue weighted by Crippen LogP contribution is -2.32. The third-order valence-electron chi connectivity index (χ3n) is 2.98. The average molecular weight is 265 g/mol. The lowest BCUT2D eigenvalue weighted by atomic mass is 10.3. The first-order chi connectivity index (χ1) is 9.17. The molecule has 0 bridgehead atoms. The van der Waals surface area contributed by atoms with E-state index < -0.39 is 0 Å². The van der Waals surface area contributed by atoms with Crippen LogP contribution in [0.4, 0.5) is 10.5 Å². The molecule has 0 aliphatic carbocycles. The number of anilines is 1. The molecule has 1 aromatic carbocycles. The topological polar surface area (TPSA) is 64.6 Å². The average Bonchev–Trinajstić information content (AvgIpc) is 2.42. The van der Waals surface area contributed by atoms with Crippen molar-refractivity contribution in [2.75, 3.05) is 31.5 Å². The third-order valence-corrected chi connectivity index (χ3v) is 2.98. The number of amides is 2. The third kappa shape index (κ3) is 5.61. The number of hydrogen-bond donors (Lipinski definition) is 3. The van der Waals surface area contributed by atoms with Gasteiger partial charge in [-0.2, -0.15) is 0 Å². The molecule has 0 aromatic heterocycles. The number of nitrogens with one attached hydrogen (secondary N) is 2. The number of phenols is 1. The number of carbonyl (C=O) groups excluding carboxylic acids is 1. The molecule has 0 aliphatic heterocycles. The molecule has 106 valence electrons. The molecule has 3 N–H and O–H groups in total. The largest absolute Gasteiger partial charge is 0.506 e. The summed E-state index contributed by atoms with van der Waals surface area (Å²) in [6.45, 7) is 7.91. The molecule has 1 rings (SSSR count). The zero-order valence-corrected chi connectivity index (χ0v) is 11.6. The molecule has 0 fully saturated rings. The zero-order chi connectivity index (χ0) is 14.1. The van der Waals surface area contributed by atoms with E-state index in [1.165, 1.54) is 6.07 Å². The van der Waals surface area contributed by atoms with Gasteiger partial charge in [0.1, 0.15) is 5.75 Å². The molecule has 1 aromatic rings. The van der Waals surface area contributed by atoms with E-state index in [0.717, 1.165) is 26.1 Å². The van der Waals surface area contributed by atoms with Gasteiger partial charge in [0.15, 0.2) is 0 Å². The van der Waals surface area contributed by atoms with Crippen molar-refractivity contribution in [2.45, 2.75) is 20.3 Å². The highest BCUT2D eigenvalue weighted by atomic mass is 16.3. The van der Waals surface area contributed by atoms with Gasteiger partial charge in [-0.15, -0.1) is 0 Å². The first-order valence-electron chi connectivity index (χ1n) is 6.72. The van der Waals surface area contributed by atoms with E-state index in [-0.39, 0.29) is 11.8 Å². The van der Waals surface area contributed by atoms with Crippen LogP contribution in [0.15, 0.2) is 24.3 Å². The summed E-state index contributed by atoms with van der Waals surface area (Å²) >= 11 is 0. The summed E-state index contributed by atoms with van der Waals surface area (Å²) in [5.41, 5.74) is 0.420. The highest BCUT2D eigenvalue weighted by Gasteiger charge is 2.04. The van der Waals surface area contributed by atoms with Crippen LogP contribution in [0.2, 0.25) is 0 Å². The van der Waals surface area contributed by atoms with Gasteiger partial charge in [0.05, 0.1) is 5.69 Å². The van der Waals surface area contributed by atoms with E-state index in [4.69, 9.17) is 0 Å². The Morgan fingerprint density at radius 1 is 1.26 bits per heavy atom. The summed E-state index contributed by atoms with van der Waals surface area (Å²) in [7, 11) is 0. The molecule has 0 saturated carbocycles. The Balaban J connectivity index is 2.24. The minimum atomic E-state index is -0.291. The smallest absolute Gasteiger partial charge is 0.319 e. The van der Waals surface area contributed by atoms with Crippen LogP contribution in [-0.4, -0.2) is 42.2 Å². The van der Waals surface area contributed by atoms with Crippen molar-refractivity contribution in [3.05, 3.63) is 24.3 Å². The highest BCUT2D eigenvalue weighted by Crippen LogP contribution is 2.20. The molecular weight excluding hydrogens is 242 g/mol. The van der Waals surface area contributed by atoms with E-state index in [0.29, 0.717) is 12.2 Å². The second kappa shape index (κ2) is 8.37. The fraction of sp³-hybridized carbons (Fsp3) is 0.500. The summed E-state index contributed by atoms with van der Waals surface area (Å²) in [5.74, 6) is 0.0702. The van der Waals surface area contributed by atoms with Crippen LogP contribution in [0.5, 0.6) is 5.75 Å². The number of aromatic hydroxyl groups is 1. The second-order valence-electron chi connectivity index (χ2n) is 4.28. The maximum atomic E-state index is 11.6. The molecule has 0 radical (unpaired) electrons. The monoisotopic (exact) mass is 265 g/mol. The number of rotatable bonds is 7. The molecule has 0 aliphatic rings. The van der Waals surface area contributed by atoms with Gasteiger partial charge < -0.3 is 20.6 Å². The number of nitrogens with zero attached hydrogens (tertiary/aromatic N) is 1. The Kier molecular flexibility index (Phi) is 6.74. The van der Waals surface area contributed by atoms with Crippen LogP contribution in [0, 0.1) is 0 Å². The maximum Gasteiger partial charge on any atom is 0.319 e. The number of hydrogen-bond acceptors (Lipinski definition) is 3. The molecular formula is C14H23N3O2. The van der Waals surface area contributed by atoms with E-state index in [1.807, 2.05) is 0 Å².